The molecule has 1 fully saturated rings. The van der Waals surface area contributed by atoms with Crippen molar-refractivity contribution in [1.29, 1.82) is 0 Å². The predicted molar refractivity (Wildman–Crippen MR) is 55.3 cm³/mol. The molecule has 1 atom stereocenters. The van der Waals surface area contributed by atoms with E-state index in [0.717, 1.165) is 23.5 Å². The van der Waals surface area contributed by atoms with E-state index in [4.69, 9.17) is 4.74 Å². The van der Waals surface area contributed by atoms with Gasteiger partial charge >= 0.3 is 0 Å². The van der Waals surface area contributed by atoms with Gasteiger partial charge < -0.3 is 9.84 Å². The van der Waals surface area contributed by atoms with Crippen molar-refractivity contribution >= 4 is 11.3 Å². The van der Waals surface area contributed by atoms with Gasteiger partial charge in [0.05, 0.1) is 11.8 Å². The molecule has 1 N–H and O–H groups in total. The fraction of sp³-hybridized carbons (Fsp3) is 0.700. The first kappa shape index (κ1) is 10.1. The summed E-state index contributed by atoms with van der Waals surface area (Å²) in [7, 11) is 1.74. The first-order chi connectivity index (χ1) is 6.68. The summed E-state index contributed by atoms with van der Waals surface area (Å²) in [6.07, 6.45) is 2.83. The Morgan fingerprint density at radius 3 is 2.71 bits per heavy atom. The number of hydrogen-bond acceptors (Lipinski definition) is 4. The third-order valence-electron chi connectivity index (χ3n) is 2.89. The summed E-state index contributed by atoms with van der Waals surface area (Å²) in [5.74, 6) is 0. The lowest BCUT2D eigenvalue weighted by molar-refractivity contribution is -0.0781. The molecule has 78 valence electrons. The second-order valence-electron chi connectivity index (χ2n) is 3.81. The van der Waals surface area contributed by atoms with Crippen LogP contribution in [0.2, 0.25) is 0 Å². The van der Waals surface area contributed by atoms with Crippen LogP contribution in [0.5, 0.6) is 0 Å². The summed E-state index contributed by atoms with van der Waals surface area (Å²) in [4.78, 5) is 4.42. The quantitative estimate of drug-likeness (QED) is 0.837. The Hall–Kier alpha value is -0.450. The van der Waals surface area contributed by atoms with E-state index in [1.165, 1.54) is 6.42 Å². The van der Waals surface area contributed by atoms with Crippen molar-refractivity contribution < 1.29 is 9.84 Å². The van der Waals surface area contributed by atoms with E-state index in [9.17, 15) is 5.11 Å². The third-order valence-corrected chi connectivity index (χ3v) is 3.94. The summed E-state index contributed by atoms with van der Waals surface area (Å²) in [5.41, 5.74) is 0.617. The van der Waals surface area contributed by atoms with Crippen molar-refractivity contribution in [2.45, 2.75) is 37.9 Å². The van der Waals surface area contributed by atoms with Gasteiger partial charge in [0, 0.05) is 12.5 Å². The Morgan fingerprint density at radius 2 is 2.36 bits per heavy atom. The number of thiazole rings is 1. The zero-order valence-corrected chi connectivity index (χ0v) is 9.30. The van der Waals surface area contributed by atoms with Crippen molar-refractivity contribution in [2.24, 2.45) is 0 Å². The maximum Gasteiger partial charge on any atom is 0.125 e. The molecule has 0 radical (unpaired) electrons. The molecule has 3 nitrogen and oxygen atoms in total. The van der Waals surface area contributed by atoms with Crippen LogP contribution in [0, 0.1) is 0 Å². The summed E-state index contributed by atoms with van der Waals surface area (Å²) >= 11 is 1.59. The average Bonchev–Trinajstić information content (AvgIpc) is 2.52. The van der Waals surface area contributed by atoms with Gasteiger partial charge in [0.1, 0.15) is 10.6 Å². The summed E-state index contributed by atoms with van der Waals surface area (Å²) in [5, 5.41) is 12.3. The first-order valence-corrected chi connectivity index (χ1v) is 5.75. The minimum Gasteiger partial charge on any atom is -0.387 e. The molecule has 0 bridgehead atoms. The number of ether oxygens (including phenoxy) is 1. The normalized spacial score (nSPS) is 21.6. The van der Waals surface area contributed by atoms with Gasteiger partial charge in [-0.1, -0.05) is 0 Å². The van der Waals surface area contributed by atoms with Crippen molar-refractivity contribution in [3.05, 3.63) is 16.1 Å². The van der Waals surface area contributed by atoms with Gasteiger partial charge in [-0.05, 0) is 26.2 Å². The lowest BCUT2D eigenvalue weighted by Crippen LogP contribution is -2.35. The molecule has 0 amide bonds. The number of aliphatic hydroxyl groups excluding tert-OH is 1. The molecule has 0 aromatic carbocycles. The minimum atomic E-state index is -0.478. The molecule has 4 heteroatoms. The van der Waals surface area contributed by atoms with E-state index >= 15 is 0 Å². The highest BCUT2D eigenvalue weighted by atomic mass is 32.1. The highest BCUT2D eigenvalue weighted by Crippen LogP contribution is 2.45. The number of aromatic nitrogens is 1. The maximum absolute atomic E-state index is 9.37. The highest BCUT2D eigenvalue weighted by molar-refractivity contribution is 7.09. The van der Waals surface area contributed by atoms with E-state index in [1.807, 2.05) is 5.38 Å². The summed E-state index contributed by atoms with van der Waals surface area (Å²) < 4.78 is 5.52. The molecule has 0 aliphatic heterocycles. The van der Waals surface area contributed by atoms with Crippen molar-refractivity contribution in [1.82, 2.24) is 4.98 Å². The van der Waals surface area contributed by atoms with Gasteiger partial charge in [-0.2, -0.15) is 0 Å². The van der Waals surface area contributed by atoms with E-state index in [0.29, 0.717) is 0 Å². The molecular formula is C10H15NO2S. The topological polar surface area (TPSA) is 42.4 Å². The molecule has 0 saturated heterocycles. The Kier molecular flexibility index (Phi) is 2.60. The molecule has 1 aliphatic rings. The number of methoxy groups -OCH3 is 1. The summed E-state index contributed by atoms with van der Waals surface area (Å²) in [6.45, 7) is 1.74. The molecule has 1 aromatic rings. The molecule has 14 heavy (non-hydrogen) atoms. The molecule has 2 rings (SSSR count). The average molecular weight is 213 g/mol. The smallest absolute Gasteiger partial charge is 0.125 e. The number of hydrogen-bond donors (Lipinski definition) is 1. The van der Waals surface area contributed by atoms with Gasteiger partial charge in [-0.3, -0.25) is 0 Å². The van der Waals surface area contributed by atoms with Crippen molar-refractivity contribution in [3.63, 3.8) is 0 Å². The lowest BCUT2D eigenvalue weighted by Gasteiger charge is -2.38. The van der Waals surface area contributed by atoms with Gasteiger partial charge in [-0.15, -0.1) is 11.3 Å². The van der Waals surface area contributed by atoms with E-state index in [-0.39, 0.29) is 5.60 Å². The van der Waals surface area contributed by atoms with E-state index in [2.05, 4.69) is 4.98 Å². The number of nitrogens with zero attached hydrogens (tertiary/aromatic N) is 1. The zero-order chi connectivity index (χ0) is 10.2. The molecular weight excluding hydrogens is 198 g/mol. The second kappa shape index (κ2) is 3.61. The number of aliphatic hydroxyl groups is 1. The minimum absolute atomic E-state index is 0.141. The molecule has 1 unspecified atom stereocenters. The van der Waals surface area contributed by atoms with Crippen LogP contribution in [-0.4, -0.2) is 17.2 Å². The largest absolute Gasteiger partial charge is 0.387 e. The van der Waals surface area contributed by atoms with Crippen molar-refractivity contribution in [3.8, 4) is 0 Å². The van der Waals surface area contributed by atoms with Crippen LogP contribution in [-0.2, 0) is 10.3 Å². The first-order valence-electron chi connectivity index (χ1n) is 4.87. The predicted octanol–water partition coefficient (Wildman–Crippen LogP) is 2.22. The molecule has 1 aliphatic carbocycles. The van der Waals surface area contributed by atoms with Crippen LogP contribution in [0.3, 0.4) is 0 Å². The molecule has 1 heterocycles. The number of rotatable bonds is 3. The summed E-state index contributed by atoms with van der Waals surface area (Å²) in [6, 6.07) is 0. The molecule has 0 spiro atoms. The van der Waals surface area contributed by atoms with Crippen LogP contribution >= 0.6 is 11.3 Å². The second-order valence-corrected chi connectivity index (χ2v) is 4.66. The molecule has 1 aromatic heterocycles. The van der Waals surface area contributed by atoms with Crippen LogP contribution < -0.4 is 0 Å². The maximum atomic E-state index is 9.37. The molecule has 1 saturated carbocycles. The Bertz CT molecular complexity index is 312. The standard InChI is InChI=1S/C10H15NO2S/c1-7(12)8-6-14-9(11-8)10(13-2)4-3-5-10/h6-7,12H,3-5H2,1-2H3. The van der Waals surface area contributed by atoms with Crippen LogP contribution in [0.1, 0.15) is 43.0 Å². The van der Waals surface area contributed by atoms with Crippen LogP contribution in [0.25, 0.3) is 0 Å². The van der Waals surface area contributed by atoms with E-state index < -0.39 is 6.10 Å². The van der Waals surface area contributed by atoms with Gasteiger partial charge in [-0.25, -0.2) is 4.98 Å². The zero-order valence-electron chi connectivity index (χ0n) is 8.49. The Labute approximate surface area is 87.7 Å². The van der Waals surface area contributed by atoms with Crippen LogP contribution in [0.15, 0.2) is 5.38 Å². The monoisotopic (exact) mass is 213 g/mol. The fourth-order valence-electron chi connectivity index (χ4n) is 1.69. The highest BCUT2D eigenvalue weighted by Gasteiger charge is 2.41. The third kappa shape index (κ3) is 1.47. The van der Waals surface area contributed by atoms with Gasteiger partial charge in [0.2, 0.25) is 0 Å². The Balaban J connectivity index is 2.23. The Morgan fingerprint density at radius 1 is 1.64 bits per heavy atom. The fourth-order valence-corrected chi connectivity index (χ4v) is 2.83. The van der Waals surface area contributed by atoms with Crippen molar-refractivity contribution in [2.75, 3.05) is 7.11 Å². The lowest BCUT2D eigenvalue weighted by atomic mass is 9.80. The van der Waals surface area contributed by atoms with Gasteiger partial charge in [0.25, 0.3) is 0 Å². The van der Waals surface area contributed by atoms with Crippen LogP contribution in [0.4, 0.5) is 0 Å². The van der Waals surface area contributed by atoms with E-state index in [1.54, 1.807) is 25.4 Å². The SMILES string of the molecule is COC1(c2nc(C(C)O)cs2)CCC1. The van der Waals surface area contributed by atoms with Gasteiger partial charge in [0.15, 0.2) is 0 Å².